The minimum Gasteiger partial charge on any atom is -0.350 e. The number of rotatable bonds is 6. The summed E-state index contributed by atoms with van der Waals surface area (Å²) in [5.74, 6) is 0.675. The maximum atomic E-state index is 11.7. The van der Waals surface area contributed by atoms with Crippen molar-refractivity contribution in [3.8, 4) is 0 Å². The molecule has 1 aromatic carbocycles. The normalized spacial score (nSPS) is 11.0. The highest BCUT2D eigenvalue weighted by Gasteiger charge is 2.13. The zero-order valence-electron chi connectivity index (χ0n) is 11.6. The number of hydrogen-bond donors (Lipinski definition) is 1. The molecule has 0 atom stereocenters. The number of ether oxygens (including phenoxy) is 2. The number of halogens is 1. The Morgan fingerprint density at radius 1 is 1.29 bits per heavy atom. The maximum Gasteiger partial charge on any atom is 0.251 e. The Kier molecular flexibility index (Phi) is 5.81. The lowest BCUT2D eigenvalue weighted by molar-refractivity contribution is -0.109. The highest BCUT2D eigenvalue weighted by molar-refractivity contribution is 7.98. The van der Waals surface area contributed by atoms with Crippen LogP contribution in [0, 0.1) is 0 Å². The van der Waals surface area contributed by atoms with Gasteiger partial charge in [0.2, 0.25) is 6.29 Å². The van der Waals surface area contributed by atoms with Crippen molar-refractivity contribution in [1.29, 1.82) is 0 Å². The third-order valence-electron chi connectivity index (χ3n) is 2.70. The van der Waals surface area contributed by atoms with E-state index in [1.165, 1.54) is 32.0 Å². The summed E-state index contributed by atoms with van der Waals surface area (Å²) in [5, 5.41) is 1.21. The van der Waals surface area contributed by atoms with Gasteiger partial charge in [-0.25, -0.2) is 4.98 Å². The van der Waals surface area contributed by atoms with Crippen LogP contribution in [-0.2, 0) is 15.2 Å². The molecule has 1 N–H and O–H groups in total. The van der Waals surface area contributed by atoms with Crippen molar-refractivity contribution >= 4 is 23.4 Å². The number of aromatic amines is 1. The topological polar surface area (TPSA) is 64.2 Å². The van der Waals surface area contributed by atoms with Crippen molar-refractivity contribution in [1.82, 2.24) is 9.97 Å². The fraction of sp³-hybridized carbons (Fsp3) is 0.286. The third kappa shape index (κ3) is 4.57. The quantitative estimate of drug-likeness (QED) is 0.502. The lowest BCUT2D eigenvalue weighted by Crippen LogP contribution is -2.14. The van der Waals surface area contributed by atoms with Crippen LogP contribution in [0.4, 0.5) is 0 Å². The van der Waals surface area contributed by atoms with Gasteiger partial charge in [-0.2, -0.15) is 0 Å². The SMILES string of the molecule is COC(OC)c1cc(=O)[nH]c(SCc2ccc(Cl)cc2)n1. The van der Waals surface area contributed by atoms with E-state index in [4.69, 9.17) is 21.1 Å². The molecule has 1 aromatic heterocycles. The molecule has 7 heteroatoms. The van der Waals surface area contributed by atoms with E-state index in [1.807, 2.05) is 24.3 Å². The van der Waals surface area contributed by atoms with E-state index in [-0.39, 0.29) is 5.56 Å². The average molecular weight is 327 g/mol. The van der Waals surface area contributed by atoms with Crippen LogP contribution in [0.2, 0.25) is 5.02 Å². The first-order chi connectivity index (χ1) is 10.1. The van der Waals surface area contributed by atoms with E-state index < -0.39 is 6.29 Å². The van der Waals surface area contributed by atoms with Crippen LogP contribution < -0.4 is 5.56 Å². The van der Waals surface area contributed by atoms with Crippen LogP contribution in [0.15, 0.2) is 40.3 Å². The summed E-state index contributed by atoms with van der Waals surface area (Å²) in [6, 6.07) is 8.89. The molecule has 0 saturated heterocycles. The largest absolute Gasteiger partial charge is 0.350 e. The molecule has 0 saturated carbocycles. The summed E-state index contributed by atoms with van der Waals surface area (Å²) in [7, 11) is 3.00. The van der Waals surface area contributed by atoms with E-state index in [0.717, 1.165) is 5.56 Å². The van der Waals surface area contributed by atoms with Gasteiger partial charge in [0.05, 0.1) is 0 Å². The van der Waals surface area contributed by atoms with Crippen molar-refractivity contribution in [2.75, 3.05) is 14.2 Å². The first kappa shape index (κ1) is 16.0. The molecule has 0 amide bonds. The summed E-state index contributed by atoms with van der Waals surface area (Å²) in [6.45, 7) is 0. The van der Waals surface area contributed by atoms with Gasteiger partial charge >= 0.3 is 0 Å². The Bertz CT molecular complexity index is 641. The highest BCUT2D eigenvalue weighted by atomic mass is 35.5. The number of benzene rings is 1. The molecule has 0 unspecified atom stereocenters. The van der Waals surface area contributed by atoms with E-state index in [1.54, 1.807) is 0 Å². The number of methoxy groups -OCH3 is 2. The van der Waals surface area contributed by atoms with E-state index in [0.29, 0.717) is 21.6 Å². The number of aromatic nitrogens is 2. The molecule has 2 rings (SSSR count). The van der Waals surface area contributed by atoms with Crippen molar-refractivity contribution in [2.45, 2.75) is 17.2 Å². The molecule has 0 aliphatic rings. The minimum absolute atomic E-state index is 0.238. The van der Waals surface area contributed by atoms with Crippen molar-refractivity contribution in [3.05, 3.63) is 57.0 Å². The monoisotopic (exact) mass is 326 g/mol. The molecular weight excluding hydrogens is 312 g/mol. The van der Waals surface area contributed by atoms with Crippen LogP contribution in [0.3, 0.4) is 0 Å². The maximum absolute atomic E-state index is 11.7. The van der Waals surface area contributed by atoms with Gasteiger partial charge in [0.15, 0.2) is 5.16 Å². The summed E-state index contributed by atoms with van der Waals surface area (Å²) < 4.78 is 10.2. The lowest BCUT2D eigenvalue weighted by atomic mass is 10.2. The van der Waals surface area contributed by atoms with Gasteiger partial charge in [0, 0.05) is 31.1 Å². The summed E-state index contributed by atoms with van der Waals surface area (Å²) in [5.41, 5.74) is 1.30. The van der Waals surface area contributed by atoms with Crippen LogP contribution in [0.25, 0.3) is 0 Å². The number of nitrogens with zero attached hydrogens (tertiary/aromatic N) is 1. The van der Waals surface area contributed by atoms with Gasteiger partial charge in [0.1, 0.15) is 5.69 Å². The fourth-order valence-corrected chi connectivity index (χ4v) is 2.68. The van der Waals surface area contributed by atoms with Gasteiger partial charge in [-0.15, -0.1) is 0 Å². The lowest BCUT2D eigenvalue weighted by Gasteiger charge is -2.12. The Hall–Kier alpha value is -1.34. The summed E-state index contributed by atoms with van der Waals surface area (Å²) in [4.78, 5) is 18.7. The van der Waals surface area contributed by atoms with Gasteiger partial charge < -0.3 is 14.5 Å². The molecule has 2 aromatic rings. The van der Waals surface area contributed by atoms with Crippen LogP contribution in [-0.4, -0.2) is 24.2 Å². The Balaban J connectivity index is 2.12. The van der Waals surface area contributed by atoms with Crippen molar-refractivity contribution in [3.63, 3.8) is 0 Å². The van der Waals surface area contributed by atoms with Crippen molar-refractivity contribution < 1.29 is 9.47 Å². The zero-order valence-corrected chi connectivity index (χ0v) is 13.2. The van der Waals surface area contributed by atoms with Crippen molar-refractivity contribution in [2.24, 2.45) is 0 Å². The van der Waals surface area contributed by atoms with Gasteiger partial charge in [-0.3, -0.25) is 4.79 Å². The molecule has 0 aliphatic carbocycles. The fourth-order valence-electron chi connectivity index (χ4n) is 1.71. The third-order valence-corrected chi connectivity index (χ3v) is 3.89. The second kappa shape index (κ2) is 7.61. The van der Waals surface area contributed by atoms with Gasteiger partial charge in [-0.05, 0) is 17.7 Å². The second-order valence-electron chi connectivity index (χ2n) is 4.19. The molecule has 0 spiro atoms. The first-order valence-electron chi connectivity index (χ1n) is 6.16. The van der Waals surface area contributed by atoms with E-state index in [2.05, 4.69) is 9.97 Å². The molecule has 0 aliphatic heterocycles. The van der Waals surface area contributed by atoms with Gasteiger partial charge in [-0.1, -0.05) is 35.5 Å². The van der Waals surface area contributed by atoms with Crippen LogP contribution in [0.5, 0.6) is 0 Å². The molecule has 112 valence electrons. The number of H-pyrrole nitrogens is 1. The molecule has 0 radical (unpaired) electrons. The standard InChI is InChI=1S/C14H15ClN2O3S/c1-19-13(20-2)11-7-12(18)17-14(16-11)21-8-9-3-5-10(15)6-4-9/h3-7,13H,8H2,1-2H3,(H,16,17,18). The first-order valence-corrected chi connectivity index (χ1v) is 7.53. The smallest absolute Gasteiger partial charge is 0.251 e. The molecule has 5 nitrogen and oxygen atoms in total. The Morgan fingerprint density at radius 3 is 2.57 bits per heavy atom. The number of thioether (sulfide) groups is 1. The second-order valence-corrected chi connectivity index (χ2v) is 5.59. The Morgan fingerprint density at radius 2 is 1.95 bits per heavy atom. The summed E-state index contributed by atoms with van der Waals surface area (Å²) in [6.07, 6.45) is -0.651. The molecular formula is C14H15ClN2O3S. The van der Waals surface area contributed by atoms with Gasteiger partial charge in [0.25, 0.3) is 5.56 Å². The minimum atomic E-state index is -0.651. The summed E-state index contributed by atoms with van der Waals surface area (Å²) >= 11 is 7.27. The van der Waals surface area contributed by atoms with E-state index in [9.17, 15) is 4.79 Å². The number of nitrogens with one attached hydrogen (secondary N) is 1. The van der Waals surface area contributed by atoms with Crippen LogP contribution in [0.1, 0.15) is 17.5 Å². The van der Waals surface area contributed by atoms with E-state index >= 15 is 0 Å². The zero-order chi connectivity index (χ0) is 15.2. The number of hydrogen-bond acceptors (Lipinski definition) is 5. The molecule has 1 heterocycles. The Labute approximate surface area is 131 Å². The average Bonchev–Trinajstić information content (AvgIpc) is 2.47. The predicted molar refractivity (Wildman–Crippen MR) is 82.6 cm³/mol. The molecule has 21 heavy (non-hydrogen) atoms. The highest BCUT2D eigenvalue weighted by Crippen LogP contribution is 2.21. The predicted octanol–water partition coefficient (Wildman–Crippen LogP) is 3.01. The molecule has 0 fully saturated rings. The molecule has 0 bridgehead atoms. The van der Waals surface area contributed by atoms with Crippen LogP contribution >= 0.6 is 23.4 Å².